The van der Waals surface area contributed by atoms with E-state index in [-0.39, 0.29) is 0 Å². The van der Waals surface area contributed by atoms with E-state index in [0.717, 1.165) is 19.3 Å². The zero-order chi connectivity index (χ0) is 11.2. The fourth-order valence-corrected chi connectivity index (χ4v) is 2.40. The van der Waals surface area contributed by atoms with E-state index in [9.17, 15) is 8.42 Å². The second-order valence-electron chi connectivity index (χ2n) is 4.85. The van der Waals surface area contributed by atoms with Crippen molar-refractivity contribution in [2.45, 2.75) is 64.5 Å². The van der Waals surface area contributed by atoms with Crippen LogP contribution in [0.5, 0.6) is 0 Å². The Balaban J connectivity index is 3.80. The first-order valence-electron chi connectivity index (χ1n) is 5.53. The van der Waals surface area contributed by atoms with Crippen molar-refractivity contribution in [2.75, 3.05) is 5.75 Å². The fourth-order valence-electron chi connectivity index (χ4n) is 1.20. The van der Waals surface area contributed by atoms with Crippen molar-refractivity contribution in [1.29, 1.82) is 0 Å². The van der Waals surface area contributed by atoms with Gasteiger partial charge in [-0.15, -0.1) is 0 Å². The van der Waals surface area contributed by atoms with E-state index >= 15 is 0 Å². The Hall–Kier alpha value is -0.0500. The van der Waals surface area contributed by atoms with Gasteiger partial charge in [-0.25, -0.2) is 8.42 Å². The van der Waals surface area contributed by atoms with Gasteiger partial charge in [0.05, 0.1) is 10.5 Å². The minimum absolute atomic E-state index is 0.347. The number of rotatable bonds is 6. The predicted octanol–water partition coefficient (Wildman–Crippen LogP) is 3.17. The van der Waals surface area contributed by atoms with Gasteiger partial charge in [-0.3, -0.25) is 0 Å². The molecule has 2 nitrogen and oxygen atoms in total. The normalized spacial score (nSPS) is 13.1. The molecule has 0 bridgehead atoms. The summed E-state index contributed by atoms with van der Waals surface area (Å²) in [4.78, 5) is 0. The summed E-state index contributed by atoms with van der Waals surface area (Å²) < 4.78 is 22.8. The molecule has 0 saturated heterocycles. The van der Waals surface area contributed by atoms with Gasteiger partial charge in [-0.1, -0.05) is 32.6 Å². The molecule has 0 aromatic rings. The van der Waals surface area contributed by atoms with Crippen molar-refractivity contribution in [3.63, 3.8) is 0 Å². The molecule has 0 aliphatic rings. The number of sulfone groups is 1. The minimum Gasteiger partial charge on any atom is -0.228 e. The van der Waals surface area contributed by atoms with Crippen LogP contribution >= 0.6 is 0 Å². The maximum atomic E-state index is 11.7. The van der Waals surface area contributed by atoms with Gasteiger partial charge in [0.2, 0.25) is 0 Å². The summed E-state index contributed by atoms with van der Waals surface area (Å²) in [5.41, 5.74) is 0. The third-order valence-corrected chi connectivity index (χ3v) is 5.14. The van der Waals surface area contributed by atoms with Gasteiger partial charge in [0.15, 0.2) is 9.84 Å². The summed E-state index contributed by atoms with van der Waals surface area (Å²) in [5.74, 6) is 0.347. The Labute approximate surface area is 89.0 Å². The van der Waals surface area contributed by atoms with Gasteiger partial charge in [-0.2, -0.15) is 0 Å². The van der Waals surface area contributed by atoms with Crippen molar-refractivity contribution < 1.29 is 8.42 Å². The molecule has 0 N–H and O–H groups in total. The molecule has 0 amide bonds. The van der Waals surface area contributed by atoms with E-state index in [1.165, 1.54) is 12.8 Å². The van der Waals surface area contributed by atoms with Crippen molar-refractivity contribution in [3.8, 4) is 0 Å². The van der Waals surface area contributed by atoms with Gasteiger partial charge in [0, 0.05) is 0 Å². The summed E-state index contributed by atoms with van der Waals surface area (Å²) in [6.07, 6.45) is 5.44. The maximum absolute atomic E-state index is 11.7. The monoisotopic (exact) mass is 220 g/mol. The molecular weight excluding hydrogens is 196 g/mol. The smallest absolute Gasteiger partial charge is 0.155 e. The van der Waals surface area contributed by atoms with Crippen LogP contribution in [0.25, 0.3) is 0 Å². The van der Waals surface area contributed by atoms with E-state index in [2.05, 4.69) is 6.92 Å². The Kier molecular flexibility index (Phi) is 5.72. The summed E-state index contributed by atoms with van der Waals surface area (Å²) >= 11 is 0. The Morgan fingerprint density at radius 3 is 1.86 bits per heavy atom. The number of unbranched alkanes of at least 4 members (excludes halogenated alkanes) is 4. The Morgan fingerprint density at radius 2 is 1.43 bits per heavy atom. The largest absolute Gasteiger partial charge is 0.228 e. The van der Waals surface area contributed by atoms with Crippen molar-refractivity contribution >= 4 is 9.84 Å². The van der Waals surface area contributed by atoms with E-state index in [0.29, 0.717) is 5.75 Å². The van der Waals surface area contributed by atoms with Crippen LogP contribution in [0, 0.1) is 0 Å². The molecule has 0 heterocycles. The van der Waals surface area contributed by atoms with E-state index in [1.54, 1.807) is 20.8 Å². The topological polar surface area (TPSA) is 34.1 Å². The van der Waals surface area contributed by atoms with E-state index in [1.807, 2.05) is 0 Å². The second-order valence-corrected chi connectivity index (χ2v) is 7.71. The summed E-state index contributed by atoms with van der Waals surface area (Å²) in [5, 5.41) is 0. The third-order valence-electron chi connectivity index (χ3n) is 2.45. The molecule has 0 radical (unpaired) electrons. The highest BCUT2D eigenvalue weighted by atomic mass is 32.2. The van der Waals surface area contributed by atoms with Gasteiger partial charge in [0.1, 0.15) is 0 Å². The van der Waals surface area contributed by atoms with Crippen molar-refractivity contribution in [1.82, 2.24) is 0 Å². The number of hydrogen-bond acceptors (Lipinski definition) is 2. The third kappa shape index (κ3) is 4.99. The average molecular weight is 220 g/mol. The standard InChI is InChI=1S/C11H24O2S/c1-5-6-7-8-9-10-14(12,13)11(2,3)4/h5-10H2,1-4H3. The molecule has 0 aliphatic carbocycles. The lowest BCUT2D eigenvalue weighted by atomic mass is 10.2. The molecule has 0 rings (SSSR count). The SMILES string of the molecule is CCCCCCCS(=O)(=O)C(C)(C)C. The first-order valence-corrected chi connectivity index (χ1v) is 7.19. The molecule has 14 heavy (non-hydrogen) atoms. The minimum atomic E-state index is -2.88. The quantitative estimate of drug-likeness (QED) is 0.644. The zero-order valence-electron chi connectivity index (χ0n) is 9.97. The molecule has 0 fully saturated rings. The van der Waals surface area contributed by atoms with Crippen LogP contribution in [-0.2, 0) is 9.84 Å². The van der Waals surface area contributed by atoms with Gasteiger partial charge < -0.3 is 0 Å². The fraction of sp³-hybridized carbons (Fsp3) is 1.00. The number of hydrogen-bond donors (Lipinski definition) is 0. The van der Waals surface area contributed by atoms with Crippen LogP contribution in [0.2, 0.25) is 0 Å². The van der Waals surface area contributed by atoms with Gasteiger partial charge in [-0.05, 0) is 27.2 Å². The molecule has 0 aliphatic heterocycles. The molecule has 86 valence electrons. The van der Waals surface area contributed by atoms with Crippen LogP contribution in [0.4, 0.5) is 0 Å². The van der Waals surface area contributed by atoms with Crippen LogP contribution in [0.15, 0.2) is 0 Å². The first kappa shape index (κ1) is 13.9. The molecule has 0 aromatic heterocycles. The lowest BCUT2D eigenvalue weighted by Crippen LogP contribution is -2.30. The molecule has 0 spiro atoms. The van der Waals surface area contributed by atoms with Gasteiger partial charge >= 0.3 is 0 Å². The first-order chi connectivity index (χ1) is 6.31. The molecule has 0 aromatic carbocycles. The summed E-state index contributed by atoms with van der Waals surface area (Å²) in [6, 6.07) is 0. The van der Waals surface area contributed by atoms with E-state index < -0.39 is 14.6 Å². The maximum Gasteiger partial charge on any atom is 0.155 e. The molecular formula is C11H24O2S. The van der Waals surface area contributed by atoms with Crippen LogP contribution in [0.1, 0.15) is 59.8 Å². The highest BCUT2D eigenvalue weighted by molar-refractivity contribution is 7.92. The molecule has 0 atom stereocenters. The van der Waals surface area contributed by atoms with Crippen LogP contribution < -0.4 is 0 Å². The summed E-state index contributed by atoms with van der Waals surface area (Å²) in [6.45, 7) is 7.48. The highest BCUT2D eigenvalue weighted by Gasteiger charge is 2.27. The van der Waals surface area contributed by atoms with Crippen molar-refractivity contribution in [3.05, 3.63) is 0 Å². The average Bonchev–Trinajstić information content (AvgIpc) is 2.02. The molecule has 0 saturated carbocycles. The molecule has 0 unspecified atom stereocenters. The van der Waals surface area contributed by atoms with E-state index in [4.69, 9.17) is 0 Å². The van der Waals surface area contributed by atoms with Crippen molar-refractivity contribution in [2.24, 2.45) is 0 Å². The lowest BCUT2D eigenvalue weighted by molar-refractivity contribution is 0.553. The van der Waals surface area contributed by atoms with Crippen LogP contribution in [0.3, 0.4) is 0 Å². The van der Waals surface area contributed by atoms with Crippen LogP contribution in [-0.4, -0.2) is 18.9 Å². The Bertz CT molecular complexity index is 235. The second kappa shape index (κ2) is 5.74. The Morgan fingerprint density at radius 1 is 0.929 bits per heavy atom. The summed E-state index contributed by atoms with van der Waals surface area (Å²) in [7, 11) is -2.88. The zero-order valence-corrected chi connectivity index (χ0v) is 10.8. The predicted molar refractivity (Wildman–Crippen MR) is 62.3 cm³/mol. The highest BCUT2D eigenvalue weighted by Crippen LogP contribution is 2.17. The molecule has 3 heteroatoms. The lowest BCUT2D eigenvalue weighted by Gasteiger charge is -2.18. The van der Waals surface area contributed by atoms with Gasteiger partial charge in [0.25, 0.3) is 0 Å².